The van der Waals surface area contributed by atoms with Crippen LogP contribution in [0.15, 0.2) is 63.1 Å². The lowest BCUT2D eigenvalue weighted by Crippen LogP contribution is -2.33. The Kier molecular flexibility index (Phi) is 11.7. The summed E-state index contributed by atoms with van der Waals surface area (Å²) in [5, 5.41) is 6.29. The molecule has 2 aromatic carbocycles. The third-order valence-electron chi connectivity index (χ3n) is 7.81. The van der Waals surface area contributed by atoms with E-state index in [4.69, 9.17) is 28.3 Å². The van der Waals surface area contributed by atoms with Gasteiger partial charge < -0.3 is 34.0 Å². The molecule has 1 aliphatic rings. The first-order chi connectivity index (χ1) is 22.9. The van der Waals surface area contributed by atoms with E-state index in [9.17, 15) is 14.4 Å². The zero-order valence-corrected chi connectivity index (χ0v) is 27.7. The predicted molar refractivity (Wildman–Crippen MR) is 177 cm³/mol. The number of ether oxygens (including phenoxy) is 4. The summed E-state index contributed by atoms with van der Waals surface area (Å²) in [6.45, 7) is 3.18. The van der Waals surface area contributed by atoms with Gasteiger partial charge in [-0.3, -0.25) is 19.0 Å². The molecule has 13 heteroatoms. The molecule has 12 nitrogen and oxygen atoms in total. The maximum absolute atomic E-state index is 13.8. The summed E-state index contributed by atoms with van der Waals surface area (Å²) in [6, 6.07) is 12.6. The van der Waals surface area contributed by atoms with E-state index in [-0.39, 0.29) is 30.7 Å². The Morgan fingerprint density at radius 3 is 2.57 bits per heavy atom. The van der Waals surface area contributed by atoms with E-state index in [1.165, 1.54) is 11.8 Å². The molecule has 2 amide bonds. The second kappa shape index (κ2) is 16.3. The van der Waals surface area contributed by atoms with Crippen molar-refractivity contribution in [1.29, 1.82) is 0 Å². The van der Waals surface area contributed by atoms with Gasteiger partial charge in [0.05, 0.1) is 43.2 Å². The van der Waals surface area contributed by atoms with E-state index in [0.29, 0.717) is 90.0 Å². The van der Waals surface area contributed by atoms with Gasteiger partial charge in [-0.2, -0.15) is 0 Å². The number of unbranched alkanes of at least 4 members (excludes halogenated alkanes) is 2. The second-order valence-electron chi connectivity index (χ2n) is 11.0. The number of amides is 2. The van der Waals surface area contributed by atoms with Gasteiger partial charge in [-0.25, -0.2) is 4.98 Å². The number of carbonyl (C=O) groups excluding carboxylic acids is 2. The van der Waals surface area contributed by atoms with E-state index < -0.39 is 5.25 Å². The van der Waals surface area contributed by atoms with Gasteiger partial charge in [-0.15, -0.1) is 0 Å². The number of furan rings is 1. The summed E-state index contributed by atoms with van der Waals surface area (Å²) >= 11 is 1.26. The minimum atomic E-state index is -0.475. The average Bonchev–Trinajstić information content (AvgIpc) is 3.78. The van der Waals surface area contributed by atoms with Gasteiger partial charge in [0.25, 0.3) is 5.56 Å². The van der Waals surface area contributed by atoms with Crippen molar-refractivity contribution in [3.63, 3.8) is 0 Å². The van der Waals surface area contributed by atoms with Gasteiger partial charge in [0.2, 0.25) is 18.6 Å². The quantitative estimate of drug-likeness (QED) is 0.0915. The highest BCUT2D eigenvalue weighted by Crippen LogP contribution is 2.35. The molecule has 1 atom stereocenters. The fourth-order valence-electron chi connectivity index (χ4n) is 5.23. The van der Waals surface area contributed by atoms with E-state index in [1.807, 2.05) is 25.1 Å². The molecule has 250 valence electrons. The van der Waals surface area contributed by atoms with E-state index >= 15 is 0 Å². The molecule has 3 heterocycles. The molecule has 0 spiro atoms. The largest absolute Gasteiger partial charge is 0.493 e. The third-order valence-corrected chi connectivity index (χ3v) is 9.17. The van der Waals surface area contributed by atoms with Gasteiger partial charge >= 0.3 is 0 Å². The molecule has 0 radical (unpaired) electrons. The van der Waals surface area contributed by atoms with Crippen LogP contribution in [0.1, 0.15) is 50.4 Å². The van der Waals surface area contributed by atoms with Crippen LogP contribution in [0.2, 0.25) is 0 Å². The van der Waals surface area contributed by atoms with Crippen molar-refractivity contribution in [3.05, 3.63) is 70.4 Å². The van der Waals surface area contributed by atoms with Crippen LogP contribution in [0.25, 0.3) is 10.9 Å². The average molecular weight is 665 g/mol. The highest BCUT2D eigenvalue weighted by atomic mass is 32.2. The van der Waals surface area contributed by atoms with Gasteiger partial charge in [0.15, 0.2) is 28.2 Å². The number of rotatable bonds is 17. The standard InChI is InChI=1S/C34H40N4O8S/c1-4-30(32(40)36-20-23-9-8-16-44-23)47-34-37-25-19-29-28(45-21-46-29)18-24(25)33(41)38(34)15-7-5-6-10-31(39)35-14-13-22-11-12-26(42-2)27(17-22)43-3/h8-9,11-12,16-19,30H,4-7,10,13-15,20-21H2,1-3H3,(H,35,39)(H,36,40)/t30-/m0/s1. The molecule has 4 aromatic rings. The number of carbonyl (C=O) groups is 2. The highest BCUT2D eigenvalue weighted by molar-refractivity contribution is 8.00. The summed E-state index contributed by atoms with van der Waals surface area (Å²) < 4.78 is 28.6. The summed E-state index contributed by atoms with van der Waals surface area (Å²) in [5.41, 5.74) is 1.30. The topological polar surface area (TPSA) is 143 Å². The van der Waals surface area contributed by atoms with Crippen LogP contribution in [0, 0.1) is 0 Å². The lowest BCUT2D eigenvalue weighted by Gasteiger charge is -2.18. The van der Waals surface area contributed by atoms with Crippen LogP contribution in [-0.4, -0.2) is 54.2 Å². The zero-order valence-electron chi connectivity index (χ0n) is 26.8. The SMILES string of the molecule is CC[C@H](Sc1nc2cc3c(cc2c(=O)n1CCCCCC(=O)NCCc1ccc(OC)c(OC)c1)OCO3)C(=O)NCc1ccco1. The number of benzene rings is 2. The number of fused-ring (bicyclic) bond motifs is 2. The molecule has 0 saturated heterocycles. The molecule has 0 bridgehead atoms. The van der Waals surface area contributed by atoms with Crippen molar-refractivity contribution < 1.29 is 33.0 Å². The number of hydrogen-bond acceptors (Lipinski definition) is 10. The maximum Gasteiger partial charge on any atom is 0.262 e. The molecule has 0 aliphatic carbocycles. The first-order valence-corrected chi connectivity index (χ1v) is 16.6. The van der Waals surface area contributed by atoms with E-state index in [1.54, 1.807) is 49.3 Å². The molecule has 2 N–H and O–H groups in total. The molecule has 0 saturated carbocycles. The molecule has 0 fully saturated rings. The van der Waals surface area contributed by atoms with Crippen LogP contribution in [0.5, 0.6) is 23.0 Å². The van der Waals surface area contributed by atoms with Crippen LogP contribution in [0.4, 0.5) is 0 Å². The summed E-state index contributed by atoms with van der Waals surface area (Å²) in [7, 11) is 3.19. The number of hydrogen-bond donors (Lipinski definition) is 2. The number of nitrogens with one attached hydrogen (secondary N) is 2. The Balaban J connectivity index is 1.18. The smallest absolute Gasteiger partial charge is 0.262 e. The van der Waals surface area contributed by atoms with Crippen molar-refractivity contribution >= 4 is 34.5 Å². The molecular formula is C34H40N4O8S. The Hall–Kier alpha value is -4.65. The summed E-state index contributed by atoms with van der Waals surface area (Å²) in [6.07, 6.45) is 5.22. The number of aromatic nitrogens is 2. The van der Waals surface area contributed by atoms with Crippen LogP contribution in [0.3, 0.4) is 0 Å². The zero-order chi connectivity index (χ0) is 33.2. The van der Waals surface area contributed by atoms with Crippen molar-refractivity contribution in [3.8, 4) is 23.0 Å². The minimum Gasteiger partial charge on any atom is -0.493 e. The van der Waals surface area contributed by atoms with Gasteiger partial charge in [-0.05, 0) is 61.6 Å². The fourth-order valence-corrected chi connectivity index (χ4v) is 6.30. The van der Waals surface area contributed by atoms with E-state index in [2.05, 4.69) is 10.6 Å². The highest BCUT2D eigenvalue weighted by Gasteiger charge is 2.24. The predicted octanol–water partition coefficient (Wildman–Crippen LogP) is 4.84. The summed E-state index contributed by atoms with van der Waals surface area (Å²) in [5.74, 6) is 2.82. The van der Waals surface area contributed by atoms with Gasteiger partial charge in [-0.1, -0.05) is 31.2 Å². The Morgan fingerprint density at radius 1 is 1.02 bits per heavy atom. The lowest BCUT2D eigenvalue weighted by molar-refractivity contribution is -0.121. The van der Waals surface area contributed by atoms with Crippen molar-refractivity contribution in [2.75, 3.05) is 27.6 Å². The summed E-state index contributed by atoms with van der Waals surface area (Å²) in [4.78, 5) is 44.2. The van der Waals surface area contributed by atoms with Crippen molar-refractivity contribution in [1.82, 2.24) is 20.2 Å². The fraction of sp³-hybridized carbons (Fsp3) is 0.412. The van der Waals surface area contributed by atoms with Crippen LogP contribution >= 0.6 is 11.8 Å². The molecule has 1 aliphatic heterocycles. The van der Waals surface area contributed by atoms with Gasteiger partial charge in [0, 0.05) is 25.6 Å². The molecule has 0 unspecified atom stereocenters. The Bertz CT molecular complexity index is 1740. The molecule has 2 aromatic heterocycles. The van der Waals surface area contributed by atoms with Crippen molar-refractivity contribution in [2.45, 2.75) is 68.9 Å². The molecule has 47 heavy (non-hydrogen) atoms. The maximum atomic E-state index is 13.8. The van der Waals surface area contributed by atoms with Crippen molar-refractivity contribution in [2.24, 2.45) is 0 Å². The Labute approximate surface area is 277 Å². The normalized spacial score (nSPS) is 12.6. The first kappa shape index (κ1) is 33.7. The number of nitrogens with zero attached hydrogens (tertiary/aromatic N) is 2. The van der Waals surface area contributed by atoms with Crippen LogP contribution < -0.4 is 35.1 Å². The number of thioether (sulfide) groups is 1. The van der Waals surface area contributed by atoms with E-state index in [0.717, 1.165) is 12.0 Å². The van der Waals surface area contributed by atoms with Gasteiger partial charge in [0.1, 0.15) is 5.76 Å². The monoisotopic (exact) mass is 664 g/mol. The van der Waals surface area contributed by atoms with Crippen LogP contribution in [-0.2, 0) is 29.1 Å². The third kappa shape index (κ3) is 8.59. The molecular weight excluding hydrogens is 624 g/mol. The molecule has 5 rings (SSSR count). The minimum absolute atomic E-state index is 0.0197. The second-order valence-corrected chi connectivity index (χ2v) is 12.2. The first-order valence-electron chi connectivity index (χ1n) is 15.7. The Morgan fingerprint density at radius 2 is 1.83 bits per heavy atom. The lowest BCUT2D eigenvalue weighted by atomic mass is 10.1. The number of methoxy groups -OCH3 is 2.